The summed E-state index contributed by atoms with van der Waals surface area (Å²) in [5.41, 5.74) is 3.32. The highest BCUT2D eigenvalue weighted by molar-refractivity contribution is 6.02. The summed E-state index contributed by atoms with van der Waals surface area (Å²) in [5, 5.41) is 63.2. The monoisotopic (exact) mass is 1620 g/mol. The smallest absolute Gasteiger partial charge is 0.336 e. The summed E-state index contributed by atoms with van der Waals surface area (Å²) in [6.07, 6.45) is 7.28. The van der Waals surface area contributed by atoms with E-state index in [-0.39, 0.29) is 168 Å². The van der Waals surface area contributed by atoms with Gasteiger partial charge in [0.25, 0.3) is 41.4 Å². The Morgan fingerprint density at radius 2 is 1.15 bits per heavy atom. The van der Waals surface area contributed by atoms with Crippen LogP contribution >= 0.6 is 0 Å². The van der Waals surface area contributed by atoms with E-state index in [0.717, 1.165) is 9.80 Å². The third-order valence-electron chi connectivity index (χ3n) is 19.0. The highest BCUT2D eigenvalue weighted by atomic mass is 19.3. The fourth-order valence-corrected chi connectivity index (χ4v) is 13.1. The number of aromatic hydroxyl groups is 1. The molecule has 7 heterocycles. The number of carboxylic acid groups (broad SMARTS) is 1. The molecule has 2 fully saturated rings. The number of aromatic nitrogens is 8. The summed E-state index contributed by atoms with van der Waals surface area (Å²) in [7, 11) is 0. The molecule has 35 nitrogen and oxygen atoms in total. The Labute approximate surface area is 664 Å². The number of allylic oxidation sites excluding steroid dienone is 3. The maximum Gasteiger partial charge on any atom is 0.336 e. The molecule has 39 heteroatoms. The van der Waals surface area contributed by atoms with Crippen LogP contribution in [0, 0.1) is 23.8 Å². The van der Waals surface area contributed by atoms with Gasteiger partial charge >= 0.3 is 12.1 Å². The van der Waals surface area contributed by atoms with Gasteiger partial charge in [-0.25, -0.2) is 38.3 Å². The van der Waals surface area contributed by atoms with E-state index < -0.39 is 115 Å². The van der Waals surface area contributed by atoms with Crippen LogP contribution in [-0.2, 0) is 69.1 Å². The number of phenols is 1. The van der Waals surface area contributed by atoms with Crippen LogP contribution in [0.25, 0.3) is 27.4 Å². The van der Waals surface area contributed by atoms with Crippen LogP contribution in [-0.4, -0.2) is 234 Å². The van der Waals surface area contributed by atoms with Gasteiger partial charge in [0.15, 0.2) is 5.78 Å². The van der Waals surface area contributed by atoms with Crippen molar-refractivity contribution in [3.63, 3.8) is 0 Å². The van der Waals surface area contributed by atoms with Crippen molar-refractivity contribution < 1.29 is 99.4 Å². The van der Waals surface area contributed by atoms with Crippen molar-refractivity contribution in [1.82, 2.24) is 81.7 Å². The quantitative estimate of drug-likeness (QED) is 0.0153. The lowest BCUT2D eigenvalue weighted by Gasteiger charge is -2.35. The molecule has 117 heavy (non-hydrogen) atoms. The number of carbonyl (C=O) groups excluding carboxylic acids is 9. The lowest BCUT2D eigenvalue weighted by molar-refractivity contribution is -0.134. The molecule has 0 bridgehead atoms. The van der Waals surface area contributed by atoms with E-state index in [4.69, 9.17) is 30.3 Å². The maximum absolute atomic E-state index is 14.1. The SMILES string of the molecule is [C-]#[N+][C@@H]1CC(F)(F)CN1C(=O)[C@H](C)NC(=O)c1ccnc(CNC(=O)CCOCCOCCn2cc(-c3cc(C(=O)NCCNC(=O)c4ccc(C5c6ccc(O)cc6OC6=CC(=O)C=CC65)c(C(=O)O)c4)cc(-c4cn(CCOCCOCCC(=O)NCc5cc(C(=O)N[C@@H](C)C(=O)N6CC(F)(F)C[C@@H]6C#N)ccn5)nn4)c3)nn2)c1. The number of nitrogens with zero attached hydrogens (tertiary/aromatic N) is 12. The van der Waals surface area contributed by atoms with Gasteiger partial charge in [-0.2, -0.15) is 5.26 Å². The number of carboxylic acids is 1. The Morgan fingerprint density at radius 1 is 0.632 bits per heavy atom. The molecule has 3 aliphatic heterocycles. The molecular weight excluding hydrogens is 1540 g/mol. The Morgan fingerprint density at radius 3 is 1.69 bits per heavy atom. The first kappa shape index (κ1) is 84.7. The van der Waals surface area contributed by atoms with Gasteiger partial charge in [-0.15, -0.1) is 10.2 Å². The summed E-state index contributed by atoms with van der Waals surface area (Å²) < 4.78 is 87.6. The number of amides is 8. The van der Waals surface area contributed by atoms with Crippen LogP contribution in [0.1, 0.15) is 120 Å². The van der Waals surface area contributed by atoms with Crippen molar-refractivity contribution in [3.8, 4) is 40.1 Å². The Bertz CT molecular complexity index is 4860. The van der Waals surface area contributed by atoms with E-state index in [2.05, 4.69) is 67.3 Å². The number of halogens is 4. The van der Waals surface area contributed by atoms with Crippen molar-refractivity contribution in [2.45, 2.75) is 108 Å². The topological polar surface area (TPSA) is 451 Å². The molecule has 0 radical (unpaired) electrons. The van der Waals surface area contributed by atoms with Crippen LogP contribution in [0.4, 0.5) is 17.6 Å². The van der Waals surface area contributed by atoms with E-state index in [1.807, 2.05) is 0 Å². The Balaban J connectivity index is 0.639. The number of rotatable bonds is 37. The van der Waals surface area contributed by atoms with Gasteiger partial charge in [0, 0.05) is 108 Å². The molecule has 8 amide bonds. The van der Waals surface area contributed by atoms with Crippen LogP contribution in [0.15, 0.2) is 128 Å². The molecule has 6 atom stereocenters. The normalized spacial score (nSPS) is 17.3. The van der Waals surface area contributed by atoms with E-state index in [0.29, 0.717) is 45.0 Å². The molecule has 2 unspecified atom stereocenters. The molecule has 0 spiro atoms. The second-order valence-electron chi connectivity index (χ2n) is 27.6. The molecule has 4 aliphatic rings. The number of fused-ring (bicyclic) bond motifs is 2. The van der Waals surface area contributed by atoms with Crippen molar-refractivity contribution in [2.75, 3.05) is 79.0 Å². The summed E-state index contributed by atoms with van der Waals surface area (Å²) in [6.45, 7) is 9.21. The highest BCUT2D eigenvalue weighted by Gasteiger charge is 2.52. The van der Waals surface area contributed by atoms with Crippen molar-refractivity contribution in [1.29, 1.82) is 5.26 Å². The Hall–Kier alpha value is -13.2. The van der Waals surface area contributed by atoms with Crippen LogP contribution < -0.4 is 36.6 Å². The fourth-order valence-electron chi connectivity index (χ4n) is 13.1. The number of hydrogen-bond acceptors (Lipinski definition) is 23. The Kier molecular flexibility index (Phi) is 28.0. The second-order valence-corrected chi connectivity index (χ2v) is 27.6. The minimum atomic E-state index is -3.22. The molecule has 3 aromatic carbocycles. The molecule has 0 saturated carbocycles. The average molecular weight is 1620 g/mol. The number of nitriles is 1. The molecule has 612 valence electrons. The van der Waals surface area contributed by atoms with Gasteiger partial charge in [0.2, 0.25) is 17.7 Å². The molecule has 4 aromatic heterocycles. The third-order valence-corrected chi connectivity index (χ3v) is 19.0. The fraction of sp³-hybridized carbons (Fsp3) is 0.385. The third kappa shape index (κ3) is 22.6. The minimum Gasteiger partial charge on any atom is -0.508 e. The van der Waals surface area contributed by atoms with Crippen molar-refractivity contribution in [3.05, 3.63) is 189 Å². The number of pyridine rings is 2. The number of benzene rings is 3. The van der Waals surface area contributed by atoms with Crippen LogP contribution in [0.2, 0.25) is 0 Å². The van der Waals surface area contributed by atoms with E-state index in [9.17, 15) is 81.0 Å². The highest BCUT2D eigenvalue weighted by Crippen LogP contribution is 2.49. The molecule has 7 aromatic rings. The van der Waals surface area contributed by atoms with Crippen LogP contribution in [0.3, 0.4) is 0 Å². The van der Waals surface area contributed by atoms with E-state index in [1.54, 1.807) is 48.8 Å². The average Bonchev–Trinajstić information content (AvgIpc) is 1.55. The number of ketones is 1. The standard InChI is InChI=1S/C78H80F4N18O17/c1-45(74(109)99-43-77(79,80)36-55(99)38-83)91-72(107)48-10-14-85-53(31-48)39-89-67(103)12-20-113-24-26-115-22-18-97-41-62(93-95-97)50-28-51(30-52(29-50)71(106)88-17-16-87-70(105)47-4-7-58(61(33-47)76(111)112)69-59-8-5-56(101)34-64(59)117-65-35-57(102)6-9-60(65)69)63-42-98(96-94-63)19-23-116-27-25-114-21-13-68(104)90-40-54-32-49(11-15-86-54)73(108)92-46(2)75(110)100-44-78(81,82)37-66(100)84-3/h4-11,14-15,28-35,41-42,45-46,55,59,66,69,102H,12-13,16-27,36-37,39-40,43-44H2,1-2H3,(H,87,105)(H,88,106)(H,89,103)(H,90,104)(H,91,107)(H,92,108)(H,111,112)/t45-,46-,55+,59?,66-,69?/m0/s1. The first-order chi connectivity index (χ1) is 56.1. The largest absolute Gasteiger partial charge is 0.508 e. The van der Waals surface area contributed by atoms with Crippen LogP contribution in [0.5, 0.6) is 11.5 Å². The molecular formula is C78H80F4N18O17. The number of ether oxygens (including phenoxy) is 5. The maximum atomic E-state index is 14.1. The van der Waals surface area contributed by atoms with Crippen molar-refractivity contribution in [2.24, 2.45) is 5.92 Å². The first-order valence-electron chi connectivity index (χ1n) is 36.9. The molecule has 11 rings (SSSR count). The summed E-state index contributed by atoms with van der Waals surface area (Å²) in [5.74, 6) is -13.9. The van der Waals surface area contributed by atoms with Gasteiger partial charge in [0.05, 0.1) is 128 Å². The molecule has 2 saturated heterocycles. The summed E-state index contributed by atoms with van der Waals surface area (Å²) in [4.78, 5) is 143. The summed E-state index contributed by atoms with van der Waals surface area (Å²) in [6, 6.07) is 17.1. The van der Waals surface area contributed by atoms with Crippen molar-refractivity contribution >= 4 is 59.0 Å². The lowest BCUT2D eigenvalue weighted by Crippen LogP contribution is -2.48. The zero-order chi connectivity index (χ0) is 83.5. The predicted octanol–water partition coefficient (Wildman–Crippen LogP) is 4.31. The van der Waals surface area contributed by atoms with Gasteiger partial charge in [-0.05, 0) is 86.2 Å². The van der Waals surface area contributed by atoms with E-state index in [1.165, 1.54) is 102 Å². The second kappa shape index (κ2) is 38.7. The molecule has 1 aliphatic carbocycles. The van der Waals surface area contributed by atoms with Gasteiger partial charge < -0.3 is 70.7 Å². The van der Waals surface area contributed by atoms with Gasteiger partial charge in [0.1, 0.15) is 53.2 Å². The van der Waals surface area contributed by atoms with Gasteiger partial charge in [-0.1, -0.05) is 28.6 Å². The number of likely N-dealkylation sites (tertiary alicyclic amines) is 2. The zero-order valence-electron chi connectivity index (χ0n) is 63.0. The lowest BCUT2D eigenvalue weighted by atomic mass is 9.74. The first-order valence-corrected chi connectivity index (χ1v) is 36.9. The number of alkyl halides is 4. The number of carbonyl (C=O) groups is 10. The number of hydrogen-bond donors (Lipinski definition) is 8. The number of nitrogens with one attached hydrogen (secondary N) is 6. The zero-order valence-corrected chi connectivity index (χ0v) is 63.0. The predicted molar refractivity (Wildman–Crippen MR) is 400 cm³/mol. The molecule has 8 N–H and O–H groups in total. The number of phenolic OH excluding ortho intramolecular Hbond substituents is 1. The van der Waals surface area contributed by atoms with E-state index >= 15 is 0 Å². The number of aromatic carboxylic acids is 1. The summed E-state index contributed by atoms with van der Waals surface area (Å²) >= 11 is 0. The van der Waals surface area contributed by atoms with Gasteiger partial charge in [-0.3, -0.25) is 62.9 Å². The minimum absolute atomic E-state index is 0.0112.